The van der Waals surface area contributed by atoms with Crippen LogP contribution in [0.15, 0.2) is 0 Å². The average Bonchev–Trinajstić information content (AvgIpc) is 2.91. The summed E-state index contributed by atoms with van der Waals surface area (Å²) in [6.07, 6.45) is 4.71. The number of nitrogens with two attached hydrogens (primary N) is 1. The minimum absolute atomic E-state index is 0.676. The van der Waals surface area contributed by atoms with Crippen LogP contribution in [0.5, 0.6) is 0 Å². The van der Waals surface area contributed by atoms with Gasteiger partial charge in [-0.15, -0.1) is 11.3 Å². The standard InChI is InChI=1S/C16H29N5S/c1-2-7-21(11-10-20-8-5-18-6-9-20)13-3-4-14-15(12-13)22-16(17)19-14/h13,18H,2-12H2,1H3,(H2,17,19)/t13-/m0/s1. The third-order valence-corrected chi connectivity index (χ3v) is 5.82. The summed E-state index contributed by atoms with van der Waals surface area (Å²) in [6, 6.07) is 0.676. The predicted molar refractivity (Wildman–Crippen MR) is 93.5 cm³/mol. The highest BCUT2D eigenvalue weighted by Crippen LogP contribution is 2.30. The van der Waals surface area contributed by atoms with Crippen molar-refractivity contribution in [2.75, 3.05) is 51.5 Å². The van der Waals surface area contributed by atoms with Gasteiger partial charge in [-0.25, -0.2) is 4.98 Å². The van der Waals surface area contributed by atoms with Gasteiger partial charge in [0.1, 0.15) is 0 Å². The summed E-state index contributed by atoms with van der Waals surface area (Å²) >= 11 is 1.70. The molecule has 22 heavy (non-hydrogen) atoms. The first kappa shape index (κ1) is 16.2. The minimum Gasteiger partial charge on any atom is -0.375 e. The molecule has 1 saturated heterocycles. The summed E-state index contributed by atoms with van der Waals surface area (Å²) in [5.74, 6) is 0. The van der Waals surface area contributed by atoms with Gasteiger partial charge in [0.05, 0.1) is 5.69 Å². The topological polar surface area (TPSA) is 57.4 Å². The van der Waals surface area contributed by atoms with Gasteiger partial charge < -0.3 is 11.1 Å². The second-order valence-corrected chi connectivity index (χ2v) is 7.56. The van der Waals surface area contributed by atoms with Crippen LogP contribution < -0.4 is 11.1 Å². The van der Waals surface area contributed by atoms with Crippen LogP contribution >= 0.6 is 11.3 Å². The van der Waals surface area contributed by atoms with Crippen molar-refractivity contribution in [2.45, 2.75) is 38.6 Å². The maximum Gasteiger partial charge on any atom is 0.180 e. The Kier molecular flexibility index (Phi) is 5.68. The molecule has 5 nitrogen and oxygen atoms in total. The molecule has 0 aromatic carbocycles. The van der Waals surface area contributed by atoms with Gasteiger partial charge in [-0.05, 0) is 32.2 Å². The largest absolute Gasteiger partial charge is 0.375 e. The number of hydrogen-bond acceptors (Lipinski definition) is 6. The van der Waals surface area contributed by atoms with Crippen LogP contribution in [0.3, 0.4) is 0 Å². The monoisotopic (exact) mass is 323 g/mol. The summed E-state index contributed by atoms with van der Waals surface area (Å²) in [6.45, 7) is 10.6. The third kappa shape index (κ3) is 3.98. The van der Waals surface area contributed by atoms with Crippen molar-refractivity contribution in [3.05, 3.63) is 10.6 Å². The molecule has 3 rings (SSSR count). The number of hydrogen-bond donors (Lipinski definition) is 2. The fourth-order valence-corrected chi connectivity index (χ4v) is 4.61. The number of thiazole rings is 1. The minimum atomic E-state index is 0.676. The molecular formula is C16H29N5S. The van der Waals surface area contributed by atoms with Crippen LogP contribution in [0.1, 0.15) is 30.3 Å². The Hall–Kier alpha value is -0.690. The number of nitrogen functional groups attached to an aromatic ring is 1. The van der Waals surface area contributed by atoms with Crippen LogP contribution in [0.2, 0.25) is 0 Å². The van der Waals surface area contributed by atoms with Gasteiger partial charge in [0.15, 0.2) is 5.13 Å². The van der Waals surface area contributed by atoms with Crippen LogP contribution in [0, 0.1) is 0 Å². The summed E-state index contributed by atoms with van der Waals surface area (Å²) in [7, 11) is 0. The normalized spacial score (nSPS) is 22.9. The number of fused-ring (bicyclic) bond motifs is 1. The SMILES string of the molecule is CCCN(CCN1CCNCC1)[C@H]1CCc2nc(N)sc2C1. The molecule has 0 spiro atoms. The first-order valence-electron chi connectivity index (χ1n) is 8.67. The van der Waals surface area contributed by atoms with E-state index in [1.165, 1.54) is 56.1 Å². The lowest BCUT2D eigenvalue weighted by Gasteiger charge is -2.36. The first-order valence-corrected chi connectivity index (χ1v) is 9.49. The molecule has 2 heterocycles. The Bertz CT molecular complexity index is 469. The number of aryl methyl sites for hydroxylation is 1. The van der Waals surface area contributed by atoms with E-state index in [0.29, 0.717) is 6.04 Å². The molecule has 0 radical (unpaired) electrons. The van der Waals surface area contributed by atoms with Gasteiger partial charge in [0.2, 0.25) is 0 Å². The van der Waals surface area contributed by atoms with E-state index in [0.717, 1.165) is 31.1 Å². The average molecular weight is 324 g/mol. The molecule has 0 bridgehead atoms. The van der Waals surface area contributed by atoms with Gasteiger partial charge >= 0.3 is 0 Å². The third-order valence-electron chi connectivity index (χ3n) is 4.87. The van der Waals surface area contributed by atoms with Crippen molar-refractivity contribution in [3.63, 3.8) is 0 Å². The summed E-state index contributed by atoms with van der Waals surface area (Å²) < 4.78 is 0. The zero-order valence-corrected chi connectivity index (χ0v) is 14.5. The summed E-state index contributed by atoms with van der Waals surface area (Å²) in [4.78, 5) is 11.2. The van der Waals surface area contributed by atoms with Crippen molar-refractivity contribution >= 4 is 16.5 Å². The lowest BCUT2D eigenvalue weighted by atomic mass is 9.96. The molecule has 0 amide bonds. The van der Waals surface area contributed by atoms with Crippen molar-refractivity contribution in [1.82, 2.24) is 20.1 Å². The van der Waals surface area contributed by atoms with Crippen molar-refractivity contribution in [3.8, 4) is 0 Å². The zero-order valence-electron chi connectivity index (χ0n) is 13.7. The van der Waals surface area contributed by atoms with E-state index in [2.05, 4.69) is 27.0 Å². The van der Waals surface area contributed by atoms with Gasteiger partial charge in [0, 0.05) is 50.2 Å². The lowest BCUT2D eigenvalue weighted by molar-refractivity contribution is 0.142. The highest BCUT2D eigenvalue weighted by atomic mass is 32.1. The van der Waals surface area contributed by atoms with Crippen LogP contribution in [-0.4, -0.2) is 66.6 Å². The van der Waals surface area contributed by atoms with E-state index in [1.54, 1.807) is 11.3 Å². The molecular weight excluding hydrogens is 294 g/mol. The second kappa shape index (κ2) is 7.73. The van der Waals surface area contributed by atoms with Gasteiger partial charge in [0.25, 0.3) is 0 Å². The smallest absolute Gasteiger partial charge is 0.180 e. The molecule has 2 aliphatic rings. The van der Waals surface area contributed by atoms with E-state index >= 15 is 0 Å². The van der Waals surface area contributed by atoms with E-state index < -0.39 is 0 Å². The highest BCUT2D eigenvalue weighted by molar-refractivity contribution is 7.15. The van der Waals surface area contributed by atoms with Crippen LogP contribution in [0.25, 0.3) is 0 Å². The lowest BCUT2D eigenvalue weighted by Crippen LogP contribution is -2.48. The Morgan fingerprint density at radius 2 is 2.18 bits per heavy atom. The molecule has 1 aliphatic carbocycles. The molecule has 1 atom stereocenters. The van der Waals surface area contributed by atoms with Crippen molar-refractivity contribution < 1.29 is 0 Å². The number of rotatable bonds is 6. The van der Waals surface area contributed by atoms with E-state index in [9.17, 15) is 0 Å². The number of piperazine rings is 1. The van der Waals surface area contributed by atoms with Gasteiger partial charge in [-0.1, -0.05) is 6.92 Å². The van der Waals surface area contributed by atoms with Crippen LogP contribution in [-0.2, 0) is 12.8 Å². The Labute approximate surface area is 137 Å². The van der Waals surface area contributed by atoms with Gasteiger partial charge in [-0.2, -0.15) is 0 Å². The molecule has 124 valence electrons. The zero-order chi connectivity index (χ0) is 15.4. The molecule has 1 aliphatic heterocycles. The fraction of sp³-hybridized carbons (Fsp3) is 0.812. The molecule has 6 heteroatoms. The second-order valence-electron chi connectivity index (χ2n) is 6.45. The highest BCUT2D eigenvalue weighted by Gasteiger charge is 2.26. The maximum atomic E-state index is 5.88. The maximum absolute atomic E-state index is 5.88. The molecule has 1 fully saturated rings. The number of nitrogens with one attached hydrogen (secondary N) is 1. The van der Waals surface area contributed by atoms with E-state index in [1.807, 2.05) is 0 Å². The number of nitrogens with zero attached hydrogens (tertiary/aromatic N) is 3. The number of anilines is 1. The van der Waals surface area contributed by atoms with Crippen molar-refractivity contribution in [1.29, 1.82) is 0 Å². The molecule has 1 aromatic heterocycles. The Balaban J connectivity index is 1.56. The molecule has 0 unspecified atom stereocenters. The van der Waals surface area contributed by atoms with E-state index in [4.69, 9.17) is 5.73 Å². The molecule has 3 N–H and O–H groups in total. The number of aromatic nitrogens is 1. The van der Waals surface area contributed by atoms with Crippen molar-refractivity contribution in [2.24, 2.45) is 0 Å². The Morgan fingerprint density at radius 1 is 1.36 bits per heavy atom. The quantitative estimate of drug-likeness (QED) is 0.824. The molecule has 0 saturated carbocycles. The van der Waals surface area contributed by atoms with E-state index in [-0.39, 0.29) is 0 Å². The first-order chi connectivity index (χ1) is 10.8. The van der Waals surface area contributed by atoms with Gasteiger partial charge in [-0.3, -0.25) is 9.80 Å². The predicted octanol–water partition coefficient (Wildman–Crippen LogP) is 1.20. The van der Waals surface area contributed by atoms with Crippen LogP contribution in [0.4, 0.5) is 5.13 Å². The molecule has 1 aromatic rings. The fourth-order valence-electron chi connectivity index (χ4n) is 3.66. The Morgan fingerprint density at radius 3 is 2.95 bits per heavy atom. The summed E-state index contributed by atoms with van der Waals surface area (Å²) in [5, 5.41) is 4.18. The summed E-state index contributed by atoms with van der Waals surface area (Å²) in [5.41, 5.74) is 7.14.